The van der Waals surface area contributed by atoms with Gasteiger partial charge in [0.1, 0.15) is 0 Å². The number of aromatic nitrogens is 2. The smallest absolute Gasteiger partial charge is 0.317 e. The molecule has 1 N–H and O–H groups in total. The van der Waals surface area contributed by atoms with Gasteiger partial charge in [0.15, 0.2) is 0 Å². The average molecular weight is 317 g/mol. The zero-order valence-electron chi connectivity index (χ0n) is 13.9. The Morgan fingerprint density at radius 3 is 2.74 bits per heavy atom. The van der Waals surface area contributed by atoms with Crippen molar-refractivity contribution in [1.82, 2.24) is 25.1 Å². The Hall–Kier alpha value is -1.69. The fourth-order valence-corrected chi connectivity index (χ4v) is 3.72. The summed E-state index contributed by atoms with van der Waals surface area (Å²) in [6, 6.07) is 0.0734. The van der Waals surface area contributed by atoms with Crippen LogP contribution in [0.5, 0.6) is 0 Å². The van der Waals surface area contributed by atoms with E-state index in [-0.39, 0.29) is 6.03 Å². The summed E-state index contributed by atoms with van der Waals surface area (Å²) in [6.45, 7) is 4.84. The lowest BCUT2D eigenvalue weighted by atomic mass is 9.84. The van der Waals surface area contributed by atoms with Crippen LogP contribution in [0.25, 0.3) is 0 Å². The van der Waals surface area contributed by atoms with E-state index in [0.29, 0.717) is 12.5 Å². The first-order chi connectivity index (χ1) is 11.2. The molecule has 1 aromatic heterocycles. The lowest BCUT2D eigenvalue weighted by Crippen LogP contribution is -2.40. The number of carbonyl (C=O) groups excluding carboxylic acids is 1. The van der Waals surface area contributed by atoms with E-state index in [1.807, 2.05) is 4.90 Å². The van der Waals surface area contributed by atoms with Gasteiger partial charge in [-0.1, -0.05) is 0 Å². The summed E-state index contributed by atoms with van der Waals surface area (Å²) >= 11 is 0. The number of rotatable bonds is 4. The molecular weight excluding hydrogens is 290 g/mol. The Morgan fingerprint density at radius 2 is 2.00 bits per heavy atom. The molecule has 1 unspecified atom stereocenters. The van der Waals surface area contributed by atoms with Crippen LogP contribution in [0.3, 0.4) is 0 Å². The minimum absolute atomic E-state index is 0.0734. The molecule has 2 saturated heterocycles. The zero-order chi connectivity index (χ0) is 16.1. The minimum atomic E-state index is 0.0734. The number of amides is 2. The summed E-state index contributed by atoms with van der Waals surface area (Å²) < 4.78 is 0. The van der Waals surface area contributed by atoms with Gasteiger partial charge in [-0.25, -0.2) is 4.79 Å². The maximum Gasteiger partial charge on any atom is 0.317 e. The number of likely N-dealkylation sites (tertiary alicyclic amines) is 2. The molecule has 0 aliphatic carbocycles. The van der Waals surface area contributed by atoms with Gasteiger partial charge < -0.3 is 15.1 Å². The Morgan fingerprint density at radius 1 is 1.22 bits per heavy atom. The highest BCUT2D eigenvalue weighted by Gasteiger charge is 2.33. The third-order valence-electron chi connectivity index (χ3n) is 5.22. The molecule has 0 spiro atoms. The van der Waals surface area contributed by atoms with Crippen LogP contribution in [0.1, 0.15) is 25.0 Å². The molecule has 23 heavy (non-hydrogen) atoms. The van der Waals surface area contributed by atoms with E-state index in [4.69, 9.17) is 0 Å². The summed E-state index contributed by atoms with van der Waals surface area (Å²) in [5, 5.41) is 3.01. The van der Waals surface area contributed by atoms with E-state index in [1.165, 1.54) is 25.9 Å². The molecule has 1 atom stereocenters. The summed E-state index contributed by atoms with van der Waals surface area (Å²) in [5.41, 5.74) is 0.915. The van der Waals surface area contributed by atoms with Gasteiger partial charge in [0.25, 0.3) is 0 Å². The Kier molecular flexibility index (Phi) is 5.43. The molecule has 2 fully saturated rings. The van der Waals surface area contributed by atoms with Crippen molar-refractivity contribution in [2.75, 3.05) is 39.8 Å². The van der Waals surface area contributed by atoms with Gasteiger partial charge in [0, 0.05) is 44.6 Å². The maximum absolute atomic E-state index is 12.3. The van der Waals surface area contributed by atoms with Gasteiger partial charge in [-0.05, 0) is 51.2 Å². The first-order valence-corrected chi connectivity index (χ1v) is 8.68. The van der Waals surface area contributed by atoms with Gasteiger partial charge >= 0.3 is 6.03 Å². The van der Waals surface area contributed by atoms with Crippen LogP contribution in [-0.2, 0) is 6.42 Å². The second-order valence-electron chi connectivity index (χ2n) is 6.81. The molecule has 0 aromatic carbocycles. The largest absolute Gasteiger partial charge is 0.338 e. The normalized spacial score (nSPS) is 23.2. The van der Waals surface area contributed by atoms with Crippen LogP contribution in [-0.4, -0.2) is 65.6 Å². The number of hydrogen-bond acceptors (Lipinski definition) is 4. The van der Waals surface area contributed by atoms with E-state index in [9.17, 15) is 4.79 Å². The number of nitrogens with one attached hydrogen (secondary N) is 1. The SMILES string of the molecule is CN1CCC(C2CCN(C(=O)NCCc3cnccn3)C2)CC1. The molecule has 6 heteroatoms. The van der Waals surface area contributed by atoms with Gasteiger partial charge in [-0.2, -0.15) is 0 Å². The molecule has 3 rings (SSSR count). The Balaban J connectivity index is 1.39. The van der Waals surface area contributed by atoms with Crippen molar-refractivity contribution < 1.29 is 4.79 Å². The quantitative estimate of drug-likeness (QED) is 0.912. The molecule has 2 aliphatic heterocycles. The number of hydrogen-bond donors (Lipinski definition) is 1. The van der Waals surface area contributed by atoms with Crippen LogP contribution in [0.2, 0.25) is 0 Å². The molecule has 126 valence electrons. The highest BCUT2D eigenvalue weighted by molar-refractivity contribution is 5.74. The van der Waals surface area contributed by atoms with Crippen molar-refractivity contribution in [3.05, 3.63) is 24.3 Å². The van der Waals surface area contributed by atoms with Crippen LogP contribution in [0, 0.1) is 11.8 Å². The van der Waals surface area contributed by atoms with E-state index in [1.54, 1.807) is 18.6 Å². The van der Waals surface area contributed by atoms with Crippen LogP contribution in [0.4, 0.5) is 4.79 Å². The first-order valence-electron chi connectivity index (χ1n) is 8.68. The first kappa shape index (κ1) is 16.2. The lowest BCUT2D eigenvalue weighted by molar-refractivity contribution is 0.168. The molecule has 0 radical (unpaired) electrons. The third-order valence-corrected chi connectivity index (χ3v) is 5.22. The van der Waals surface area contributed by atoms with Gasteiger partial charge in [-0.3, -0.25) is 9.97 Å². The van der Waals surface area contributed by atoms with E-state index >= 15 is 0 Å². The number of nitrogens with zero attached hydrogens (tertiary/aromatic N) is 4. The molecule has 0 saturated carbocycles. The monoisotopic (exact) mass is 317 g/mol. The van der Waals surface area contributed by atoms with E-state index in [2.05, 4.69) is 27.2 Å². The van der Waals surface area contributed by atoms with E-state index in [0.717, 1.165) is 37.5 Å². The number of urea groups is 1. The molecule has 3 heterocycles. The van der Waals surface area contributed by atoms with Crippen molar-refractivity contribution in [3.63, 3.8) is 0 Å². The predicted octanol–water partition coefficient (Wildman–Crippen LogP) is 1.39. The van der Waals surface area contributed by atoms with Gasteiger partial charge in [0.05, 0.1) is 5.69 Å². The van der Waals surface area contributed by atoms with Gasteiger partial charge in [0.2, 0.25) is 0 Å². The molecular formula is C17H27N5O. The van der Waals surface area contributed by atoms with Crippen molar-refractivity contribution in [3.8, 4) is 0 Å². The highest BCUT2D eigenvalue weighted by atomic mass is 16.2. The van der Waals surface area contributed by atoms with Crippen molar-refractivity contribution in [2.24, 2.45) is 11.8 Å². The van der Waals surface area contributed by atoms with Crippen LogP contribution >= 0.6 is 0 Å². The van der Waals surface area contributed by atoms with Gasteiger partial charge in [-0.15, -0.1) is 0 Å². The number of piperidine rings is 1. The molecule has 2 amide bonds. The summed E-state index contributed by atoms with van der Waals surface area (Å²) in [4.78, 5) is 24.9. The maximum atomic E-state index is 12.3. The predicted molar refractivity (Wildman–Crippen MR) is 89.0 cm³/mol. The molecule has 6 nitrogen and oxygen atoms in total. The standard InChI is InChI=1S/C17H27N5O/c1-21-9-3-14(4-10-21)15-5-11-22(13-15)17(23)20-6-2-16-12-18-7-8-19-16/h7-8,12,14-15H,2-6,9-11,13H2,1H3,(H,20,23). The second-order valence-corrected chi connectivity index (χ2v) is 6.81. The Labute approximate surface area is 138 Å². The summed E-state index contributed by atoms with van der Waals surface area (Å²) in [6.07, 6.45) is 9.54. The molecule has 1 aromatic rings. The van der Waals surface area contributed by atoms with Crippen LogP contribution in [0.15, 0.2) is 18.6 Å². The molecule has 2 aliphatic rings. The van der Waals surface area contributed by atoms with Crippen molar-refractivity contribution in [1.29, 1.82) is 0 Å². The second kappa shape index (κ2) is 7.73. The lowest BCUT2D eigenvalue weighted by Gasteiger charge is -2.32. The third kappa shape index (κ3) is 4.41. The fourth-order valence-electron chi connectivity index (χ4n) is 3.72. The molecule has 0 bridgehead atoms. The summed E-state index contributed by atoms with van der Waals surface area (Å²) in [5.74, 6) is 1.48. The minimum Gasteiger partial charge on any atom is -0.338 e. The van der Waals surface area contributed by atoms with Crippen LogP contribution < -0.4 is 5.32 Å². The fraction of sp³-hybridized carbons (Fsp3) is 0.706. The van der Waals surface area contributed by atoms with E-state index < -0.39 is 0 Å². The zero-order valence-corrected chi connectivity index (χ0v) is 13.9. The highest BCUT2D eigenvalue weighted by Crippen LogP contribution is 2.31. The Bertz CT molecular complexity index is 501. The topological polar surface area (TPSA) is 61.4 Å². The van der Waals surface area contributed by atoms with Crippen molar-refractivity contribution in [2.45, 2.75) is 25.7 Å². The number of carbonyl (C=O) groups is 1. The average Bonchev–Trinajstić information content (AvgIpc) is 3.06. The van der Waals surface area contributed by atoms with Crippen molar-refractivity contribution >= 4 is 6.03 Å². The summed E-state index contributed by atoms with van der Waals surface area (Å²) in [7, 11) is 2.20.